The first-order chi connectivity index (χ1) is 15.3. The van der Waals surface area contributed by atoms with Crippen LogP contribution in [0.4, 0.5) is 0 Å². The van der Waals surface area contributed by atoms with Gasteiger partial charge in [-0.05, 0) is 44.0 Å². The number of aliphatic imine (C=N–C) groups is 1. The van der Waals surface area contributed by atoms with Gasteiger partial charge in [0.25, 0.3) is 5.91 Å². The number of nitrogens with zero attached hydrogens (tertiary/aromatic N) is 2. The summed E-state index contributed by atoms with van der Waals surface area (Å²) in [5, 5.41) is 6.57. The molecule has 0 aromatic heterocycles. The molecule has 1 heterocycles. The normalized spacial score (nSPS) is 14.3. The molecule has 172 valence electrons. The van der Waals surface area contributed by atoms with Gasteiger partial charge in [-0.15, -0.1) is 0 Å². The number of amides is 1. The molecule has 1 aliphatic heterocycles. The number of ether oxygens (including phenoxy) is 2. The van der Waals surface area contributed by atoms with Gasteiger partial charge in [0.2, 0.25) is 0 Å². The predicted octanol–water partition coefficient (Wildman–Crippen LogP) is 2.89. The van der Waals surface area contributed by atoms with Crippen LogP contribution in [0.5, 0.6) is 11.5 Å². The Hall–Kier alpha value is -3.22. The quantitative estimate of drug-likeness (QED) is 0.377. The lowest BCUT2D eigenvalue weighted by Crippen LogP contribution is -2.40. The highest BCUT2D eigenvalue weighted by Crippen LogP contribution is 2.41. The minimum atomic E-state index is -0.189. The summed E-state index contributed by atoms with van der Waals surface area (Å²) < 4.78 is 12.0. The molecule has 0 spiro atoms. The first-order valence-electron chi connectivity index (χ1n) is 11.0. The van der Waals surface area contributed by atoms with E-state index in [1.54, 1.807) is 26.0 Å². The van der Waals surface area contributed by atoms with Crippen molar-refractivity contribution < 1.29 is 14.3 Å². The van der Waals surface area contributed by atoms with Crippen LogP contribution in [0.1, 0.15) is 35.3 Å². The van der Waals surface area contributed by atoms with Crippen LogP contribution in [-0.2, 0) is 12.8 Å². The third-order valence-corrected chi connectivity index (χ3v) is 5.22. The number of para-hydroxylation sites is 1. The van der Waals surface area contributed by atoms with Crippen LogP contribution in [-0.4, -0.2) is 63.2 Å². The van der Waals surface area contributed by atoms with Crippen LogP contribution in [0.3, 0.4) is 0 Å². The van der Waals surface area contributed by atoms with E-state index in [4.69, 9.17) is 9.47 Å². The maximum absolute atomic E-state index is 12.1. The summed E-state index contributed by atoms with van der Waals surface area (Å²) in [6, 6.07) is 13.8. The molecule has 0 atom stereocenters. The van der Waals surface area contributed by atoms with E-state index in [1.165, 1.54) is 5.56 Å². The van der Waals surface area contributed by atoms with E-state index < -0.39 is 0 Å². The number of guanidine groups is 1. The van der Waals surface area contributed by atoms with Crippen molar-refractivity contribution in [2.24, 2.45) is 4.99 Å². The number of hydrogen-bond donors (Lipinski definition) is 2. The van der Waals surface area contributed by atoms with Crippen molar-refractivity contribution in [3.63, 3.8) is 0 Å². The highest BCUT2D eigenvalue weighted by molar-refractivity contribution is 5.94. The molecule has 2 aromatic carbocycles. The molecular weight excluding hydrogens is 404 g/mol. The lowest BCUT2D eigenvalue weighted by atomic mass is 10.0. The predicted molar refractivity (Wildman–Crippen MR) is 128 cm³/mol. The number of fused-ring (bicyclic) bond motifs is 1. The summed E-state index contributed by atoms with van der Waals surface area (Å²) >= 11 is 0. The van der Waals surface area contributed by atoms with E-state index in [0.29, 0.717) is 31.2 Å². The van der Waals surface area contributed by atoms with Crippen molar-refractivity contribution in [3.8, 4) is 11.5 Å². The molecule has 0 aliphatic carbocycles. The van der Waals surface area contributed by atoms with Crippen molar-refractivity contribution in [2.45, 2.75) is 32.3 Å². The average molecular weight is 439 g/mol. The van der Waals surface area contributed by atoms with Gasteiger partial charge in [0.1, 0.15) is 12.2 Å². The Balaban J connectivity index is 1.42. The van der Waals surface area contributed by atoms with Gasteiger partial charge in [-0.2, -0.15) is 0 Å². The Bertz CT molecular complexity index is 969. The summed E-state index contributed by atoms with van der Waals surface area (Å²) in [6.45, 7) is 5.99. The molecule has 1 aliphatic rings. The highest BCUT2D eigenvalue weighted by atomic mass is 16.5. The van der Waals surface area contributed by atoms with E-state index in [-0.39, 0.29) is 11.5 Å². The van der Waals surface area contributed by atoms with Gasteiger partial charge in [-0.3, -0.25) is 9.79 Å². The third-order valence-electron chi connectivity index (χ3n) is 5.22. The monoisotopic (exact) mass is 438 g/mol. The molecular formula is C25H34N4O3. The van der Waals surface area contributed by atoms with Crippen LogP contribution >= 0.6 is 0 Å². The highest BCUT2D eigenvalue weighted by Gasteiger charge is 2.32. The molecule has 2 aromatic rings. The second-order valence-corrected chi connectivity index (χ2v) is 8.71. The molecule has 0 fully saturated rings. The Morgan fingerprint density at radius 2 is 1.91 bits per heavy atom. The van der Waals surface area contributed by atoms with Crippen LogP contribution in [0.15, 0.2) is 47.5 Å². The number of carbonyl (C=O) groups is 1. The van der Waals surface area contributed by atoms with Gasteiger partial charge in [-0.25, -0.2) is 0 Å². The first kappa shape index (κ1) is 23.4. The van der Waals surface area contributed by atoms with Gasteiger partial charge in [-0.1, -0.05) is 24.3 Å². The van der Waals surface area contributed by atoms with Crippen LogP contribution in [0, 0.1) is 0 Å². The summed E-state index contributed by atoms with van der Waals surface area (Å²) in [7, 11) is 5.26. The second-order valence-electron chi connectivity index (χ2n) is 8.71. The SMILES string of the molecule is CN=C(NCCOc1cccc2c1OC(C)(C)C2)NCCc1cccc(C(=O)N(C)C)c1. The average Bonchev–Trinajstić information content (AvgIpc) is 3.09. The summed E-state index contributed by atoms with van der Waals surface area (Å²) in [4.78, 5) is 18.0. The van der Waals surface area contributed by atoms with E-state index in [1.807, 2.05) is 36.4 Å². The molecule has 7 nitrogen and oxygen atoms in total. The molecule has 2 N–H and O–H groups in total. The maximum atomic E-state index is 12.1. The van der Waals surface area contributed by atoms with Crippen molar-refractivity contribution in [1.29, 1.82) is 0 Å². The zero-order chi connectivity index (χ0) is 23.1. The van der Waals surface area contributed by atoms with Gasteiger partial charge in [0.15, 0.2) is 17.5 Å². The molecule has 0 saturated carbocycles. The Morgan fingerprint density at radius 3 is 2.66 bits per heavy atom. The van der Waals surface area contributed by atoms with Gasteiger partial charge in [0.05, 0.1) is 6.54 Å². The van der Waals surface area contributed by atoms with E-state index in [0.717, 1.165) is 29.9 Å². The topological polar surface area (TPSA) is 75.2 Å². The number of benzene rings is 2. The van der Waals surface area contributed by atoms with Crippen LogP contribution in [0.2, 0.25) is 0 Å². The van der Waals surface area contributed by atoms with Crippen molar-refractivity contribution >= 4 is 11.9 Å². The molecule has 0 saturated heterocycles. The Kier molecular flexibility index (Phi) is 7.62. The standard InChI is InChI=1S/C25H34N4O3/c1-25(2)17-20-10-7-11-21(22(20)32-25)31-15-14-28-24(26-3)27-13-12-18-8-6-9-19(16-18)23(30)29(4)5/h6-11,16H,12-15,17H2,1-5H3,(H2,26,27,28). The lowest BCUT2D eigenvalue weighted by molar-refractivity contribution is 0.0827. The smallest absolute Gasteiger partial charge is 0.253 e. The molecule has 32 heavy (non-hydrogen) atoms. The minimum absolute atomic E-state index is 0.00954. The zero-order valence-electron chi connectivity index (χ0n) is 19.7. The lowest BCUT2D eigenvalue weighted by Gasteiger charge is -2.18. The number of rotatable bonds is 8. The summed E-state index contributed by atoms with van der Waals surface area (Å²) in [5.74, 6) is 2.36. The van der Waals surface area contributed by atoms with Crippen molar-refractivity contribution in [1.82, 2.24) is 15.5 Å². The fourth-order valence-corrected chi connectivity index (χ4v) is 3.70. The fourth-order valence-electron chi connectivity index (χ4n) is 3.70. The molecule has 0 radical (unpaired) electrons. The zero-order valence-corrected chi connectivity index (χ0v) is 19.7. The van der Waals surface area contributed by atoms with E-state index in [2.05, 4.69) is 35.5 Å². The van der Waals surface area contributed by atoms with Crippen LogP contribution < -0.4 is 20.1 Å². The molecule has 3 rings (SSSR count). The molecule has 0 unspecified atom stereocenters. The maximum Gasteiger partial charge on any atom is 0.253 e. The molecule has 1 amide bonds. The largest absolute Gasteiger partial charge is 0.488 e. The molecule has 7 heteroatoms. The van der Waals surface area contributed by atoms with E-state index in [9.17, 15) is 4.79 Å². The van der Waals surface area contributed by atoms with Gasteiger partial charge < -0.3 is 25.0 Å². The van der Waals surface area contributed by atoms with Gasteiger partial charge in [0, 0.05) is 45.2 Å². The number of nitrogens with one attached hydrogen (secondary N) is 2. The third kappa shape index (κ3) is 6.15. The number of carbonyl (C=O) groups excluding carboxylic acids is 1. The summed E-state index contributed by atoms with van der Waals surface area (Å²) in [6.07, 6.45) is 1.68. The van der Waals surface area contributed by atoms with Crippen LogP contribution in [0.25, 0.3) is 0 Å². The van der Waals surface area contributed by atoms with E-state index >= 15 is 0 Å². The molecule has 0 bridgehead atoms. The fraction of sp³-hybridized carbons (Fsp3) is 0.440. The summed E-state index contributed by atoms with van der Waals surface area (Å²) in [5.41, 5.74) is 2.80. The minimum Gasteiger partial charge on any atom is -0.488 e. The second kappa shape index (κ2) is 10.4. The van der Waals surface area contributed by atoms with Gasteiger partial charge >= 0.3 is 0 Å². The van der Waals surface area contributed by atoms with Crippen molar-refractivity contribution in [2.75, 3.05) is 40.8 Å². The van der Waals surface area contributed by atoms with Crippen molar-refractivity contribution in [3.05, 3.63) is 59.2 Å². The number of hydrogen-bond acceptors (Lipinski definition) is 4. The first-order valence-corrected chi connectivity index (χ1v) is 11.0. The Labute approximate surface area is 190 Å². The Morgan fingerprint density at radius 1 is 1.16 bits per heavy atom.